The summed E-state index contributed by atoms with van der Waals surface area (Å²) in [5.74, 6) is 2.62. The Morgan fingerprint density at radius 3 is 2.38 bits per heavy atom. The van der Waals surface area contributed by atoms with Gasteiger partial charge < -0.3 is 9.30 Å². The molecule has 6 heteroatoms. The van der Waals surface area contributed by atoms with Gasteiger partial charge in [0.1, 0.15) is 5.82 Å². The maximum atomic E-state index is 6.62. The molecule has 244 valence electrons. The van der Waals surface area contributed by atoms with E-state index < -0.39 is 0 Å². The molecule has 0 saturated heterocycles. The second-order valence-corrected chi connectivity index (χ2v) is 13.0. The van der Waals surface area contributed by atoms with Gasteiger partial charge >= 0.3 is 21.1 Å². The van der Waals surface area contributed by atoms with E-state index in [9.17, 15) is 0 Å². The molecular formula is C42H40N4OPt. The minimum absolute atomic E-state index is 0. The maximum Gasteiger partial charge on any atom is 2.00 e. The molecule has 0 unspecified atom stereocenters. The van der Waals surface area contributed by atoms with Gasteiger partial charge in [-0.1, -0.05) is 75.2 Å². The number of hydrogen-bond acceptors (Lipinski definition) is 3. The van der Waals surface area contributed by atoms with Crippen LogP contribution in [-0.2, 0) is 33.9 Å². The van der Waals surface area contributed by atoms with Gasteiger partial charge in [0, 0.05) is 34.5 Å². The van der Waals surface area contributed by atoms with Gasteiger partial charge in [0.05, 0.1) is 5.69 Å². The van der Waals surface area contributed by atoms with Gasteiger partial charge in [-0.2, -0.15) is 16.7 Å². The van der Waals surface area contributed by atoms with Gasteiger partial charge in [0.2, 0.25) is 0 Å². The van der Waals surface area contributed by atoms with Crippen LogP contribution >= 0.6 is 0 Å². The zero-order valence-corrected chi connectivity index (χ0v) is 30.6. The van der Waals surface area contributed by atoms with Crippen LogP contribution in [0.3, 0.4) is 0 Å². The van der Waals surface area contributed by atoms with Crippen molar-refractivity contribution in [1.82, 2.24) is 19.3 Å². The topological polar surface area (TPSA) is 44.9 Å². The van der Waals surface area contributed by atoms with Gasteiger partial charge in [0.25, 0.3) is 0 Å². The van der Waals surface area contributed by atoms with E-state index >= 15 is 0 Å². The molecule has 0 spiro atoms. The molecule has 0 amide bonds. The number of benzene rings is 4. The SMILES string of the molecule is CCCc1ccc2c(c1)c1ccc(Oc3[c-]c(-n4nc(C)c(-c5ccccc5)c4C)cc(CC(C)C)c3)[c-]c1n2-c1cc(C)ccn1.[Pt+2]. The number of aryl methyl sites for hydroxylation is 3. The molecule has 4 aromatic carbocycles. The Hall–Kier alpha value is -4.47. The molecule has 5 nitrogen and oxygen atoms in total. The minimum atomic E-state index is 0. The van der Waals surface area contributed by atoms with Crippen molar-refractivity contribution >= 4 is 21.8 Å². The fourth-order valence-electron chi connectivity index (χ4n) is 6.72. The zero-order chi connectivity index (χ0) is 32.7. The number of hydrogen-bond donors (Lipinski definition) is 0. The van der Waals surface area contributed by atoms with E-state index in [2.05, 4.69) is 125 Å². The standard InChI is InChI=1S/C42H40N4O.Pt/c1-7-11-31-14-17-39-38(24-31)37-16-15-35(26-40(37)45(39)41-21-28(4)18-19-43-41)47-36-23-32(20-27(2)3)22-34(25-36)46-30(6)42(29(5)44-46)33-12-9-8-10-13-33;/h8-10,12-19,21-24,27H,7,11,20H2,1-6H3;/q-2;+2. The molecular weight excluding hydrogens is 772 g/mol. The molecule has 3 heterocycles. The van der Waals surface area contributed by atoms with Crippen molar-refractivity contribution in [3.63, 3.8) is 0 Å². The van der Waals surface area contributed by atoms with E-state index in [4.69, 9.17) is 14.8 Å². The van der Waals surface area contributed by atoms with E-state index in [0.29, 0.717) is 17.4 Å². The van der Waals surface area contributed by atoms with Gasteiger partial charge in [-0.3, -0.25) is 4.68 Å². The van der Waals surface area contributed by atoms with Crippen molar-refractivity contribution in [2.24, 2.45) is 5.92 Å². The summed E-state index contributed by atoms with van der Waals surface area (Å²) in [7, 11) is 0. The van der Waals surface area contributed by atoms with Crippen LogP contribution in [0.15, 0.2) is 91.1 Å². The molecule has 0 saturated carbocycles. The predicted octanol–water partition coefficient (Wildman–Crippen LogP) is 10.5. The summed E-state index contributed by atoms with van der Waals surface area (Å²) in [6, 6.07) is 37.0. The summed E-state index contributed by atoms with van der Waals surface area (Å²) in [6.45, 7) is 13.0. The molecule has 0 aliphatic carbocycles. The van der Waals surface area contributed by atoms with E-state index in [1.807, 2.05) is 29.1 Å². The third kappa shape index (κ3) is 6.49. The Balaban J connectivity index is 0.00000401. The van der Waals surface area contributed by atoms with Gasteiger partial charge in [0.15, 0.2) is 0 Å². The molecule has 0 radical (unpaired) electrons. The van der Waals surface area contributed by atoms with E-state index in [1.165, 1.54) is 16.5 Å². The normalized spacial score (nSPS) is 11.4. The number of fused-ring (bicyclic) bond motifs is 3. The van der Waals surface area contributed by atoms with Crippen molar-refractivity contribution in [3.05, 3.63) is 131 Å². The Morgan fingerprint density at radius 2 is 1.62 bits per heavy atom. The molecule has 0 bridgehead atoms. The first-order chi connectivity index (χ1) is 22.8. The molecule has 0 aliphatic rings. The summed E-state index contributed by atoms with van der Waals surface area (Å²) in [5.41, 5.74) is 10.9. The van der Waals surface area contributed by atoms with Crippen molar-refractivity contribution in [3.8, 4) is 34.1 Å². The van der Waals surface area contributed by atoms with Gasteiger partial charge in [-0.05, 0) is 85.5 Å². The smallest absolute Gasteiger partial charge is 0.509 e. The summed E-state index contributed by atoms with van der Waals surface area (Å²) in [5, 5.41) is 7.30. The third-order valence-corrected chi connectivity index (χ3v) is 8.72. The molecule has 0 aliphatic heterocycles. The maximum absolute atomic E-state index is 6.62. The Bertz CT molecular complexity index is 2230. The monoisotopic (exact) mass is 811 g/mol. The van der Waals surface area contributed by atoms with E-state index in [-0.39, 0.29) is 21.1 Å². The first-order valence-electron chi connectivity index (χ1n) is 16.6. The Labute approximate surface area is 297 Å². The number of rotatable bonds is 9. The summed E-state index contributed by atoms with van der Waals surface area (Å²) < 4.78 is 10.8. The summed E-state index contributed by atoms with van der Waals surface area (Å²) >= 11 is 0. The van der Waals surface area contributed by atoms with Crippen LogP contribution in [0.4, 0.5) is 0 Å². The van der Waals surface area contributed by atoms with Crippen LogP contribution in [0, 0.1) is 38.8 Å². The molecule has 3 aromatic heterocycles. The largest absolute Gasteiger partial charge is 2.00 e. The van der Waals surface area contributed by atoms with Crippen molar-refractivity contribution in [1.29, 1.82) is 0 Å². The van der Waals surface area contributed by atoms with Crippen molar-refractivity contribution in [2.75, 3.05) is 0 Å². The second kappa shape index (κ2) is 13.9. The first kappa shape index (κ1) is 33.4. The van der Waals surface area contributed by atoms with Crippen LogP contribution in [-0.4, -0.2) is 19.3 Å². The minimum Gasteiger partial charge on any atom is -0.509 e. The zero-order valence-electron chi connectivity index (χ0n) is 28.4. The number of nitrogens with zero attached hydrogens (tertiary/aromatic N) is 4. The Kier molecular flexibility index (Phi) is 9.71. The number of pyridine rings is 1. The van der Waals surface area contributed by atoms with Crippen LogP contribution in [0.1, 0.15) is 55.3 Å². The number of ether oxygens (including phenoxy) is 1. The number of aromatic nitrogens is 4. The quantitative estimate of drug-likeness (QED) is 0.136. The molecule has 0 N–H and O–H groups in total. The first-order valence-corrected chi connectivity index (χ1v) is 16.6. The second-order valence-electron chi connectivity index (χ2n) is 13.0. The molecule has 7 rings (SSSR count). The van der Waals surface area contributed by atoms with E-state index in [0.717, 1.165) is 75.3 Å². The summed E-state index contributed by atoms with van der Waals surface area (Å²) in [6.07, 6.45) is 4.93. The predicted molar refractivity (Wildman–Crippen MR) is 192 cm³/mol. The molecule has 48 heavy (non-hydrogen) atoms. The van der Waals surface area contributed by atoms with Gasteiger partial charge in [-0.15, -0.1) is 35.7 Å². The molecule has 7 aromatic rings. The molecule has 0 fully saturated rings. The third-order valence-electron chi connectivity index (χ3n) is 8.72. The van der Waals surface area contributed by atoms with Crippen LogP contribution in [0.5, 0.6) is 11.5 Å². The average molecular weight is 812 g/mol. The van der Waals surface area contributed by atoms with E-state index in [1.54, 1.807) is 0 Å². The van der Waals surface area contributed by atoms with Crippen LogP contribution in [0.25, 0.3) is 44.4 Å². The molecule has 0 atom stereocenters. The fraction of sp³-hybridized carbons (Fsp3) is 0.238. The van der Waals surface area contributed by atoms with Crippen molar-refractivity contribution in [2.45, 2.75) is 60.8 Å². The average Bonchev–Trinajstić information content (AvgIpc) is 3.53. The van der Waals surface area contributed by atoms with Crippen LogP contribution in [0.2, 0.25) is 0 Å². The van der Waals surface area contributed by atoms with Crippen LogP contribution < -0.4 is 4.74 Å². The van der Waals surface area contributed by atoms with Crippen molar-refractivity contribution < 1.29 is 25.8 Å². The Morgan fingerprint density at radius 1 is 0.812 bits per heavy atom. The van der Waals surface area contributed by atoms with Gasteiger partial charge in [-0.25, -0.2) is 4.98 Å². The summed E-state index contributed by atoms with van der Waals surface area (Å²) in [4.78, 5) is 4.76. The fourth-order valence-corrected chi connectivity index (χ4v) is 6.72.